The fraction of sp³-hybridized carbons (Fsp3) is 0.222. The maximum absolute atomic E-state index is 13.1. The molecule has 3 rings (SSSR count). The molecule has 2 aromatic rings. The van der Waals surface area contributed by atoms with Gasteiger partial charge in [-0.2, -0.15) is 0 Å². The van der Waals surface area contributed by atoms with E-state index in [1.54, 1.807) is 17.0 Å². The highest BCUT2D eigenvalue weighted by atomic mass is 19.1. The Kier molecular flexibility index (Phi) is 4.74. The van der Waals surface area contributed by atoms with Crippen molar-refractivity contribution in [1.29, 1.82) is 0 Å². The van der Waals surface area contributed by atoms with Crippen LogP contribution in [0, 0.1) is 5.82 Å². The Morgan fingerprint density at radius 1 is 1.17 bits per heavy atom. The van der Waals surface area contributed by atoms with Gasteiger partial charge < -0.3 is 15.5 Å². The van der Waals surface area contributed by atoms with E-state index in [9.17, 15) is 14.0 Å². The SMILES string of the molecule is O=C(NCc1cccc(F)c1)N[C@H]1CC(=O)N(c2ccccc2)C1. The number of anilines is 1. The molecule has 2 aromatic carbocycles. The maximum Gasteiger partial charge on any atom is 0.315 e. The molecule has 3 amide bonds. The van der Waals surface area contributed by atoms with Crippen LogP contribution in [0.2, 0.25) is 0 Å². The van der Waals surface area contributed by atoms with Crippen molar-refractivity contribution < 1.29 is 14.0 Å². The molecule has 1 saturated heterocycles. The van der Waals surface area contributed by atoms with E-state index in [2.05, 4.69) is 10.6 Å². The summed E-state index contributed by atoms with van der Waals surface area (Å²) < 4.78 is 13.1. The summed E-state index contributed by atoms with van der Waals surface area (Å²) in [4.78, 5) is 25.7. The second-order valence-electron chi connectivity index (χ2n) is 5.70. The Labute approximate surface area is 139 Å². The number of para-hydroxylation sites is 1. The molecular formula is C18H18FN3O2. The molecule has 0 bridgehead atoms. The average Bonchev–Trinajstić information content (AvgIpc) is 2.94. The quantitative estimate of drug-likeness (QED) is 0.906. The molecule has 1 aliphatic heterocycles. The summed E-state index contributed by atoms with van der Waals surface area (Å²) in [6.45, 7) is 0.670. The predicted octanol–water partition coefficient (Wildman–Crippen LogP) is 2.43. The van der Waals surface area contributed by atoms with Gasteiger partial charge in [-0.1, -0.05) is 30.3 Å². The van der Waals surface area contributed by atoms with Crippen molar-refractivity contribution in [1.82, 2.24) is 10.6 Å². The third-order valence-corrected chi connectivity index (χ3v) is 3.87. The van der Waals surface area contributed by atoms with Crippen LogP contribution in [0.25, 0.3) is 0 Å². The molecule has 1 fully saturated rings. The molecule has 0 unspecified atom stereocenters. The van der Waals surface area contributed by atoms with Gasteiger partial charge in [0.2, 0.25) is 5.91 Å². The highest BCUT2D eigenvalue weighted by Gasteiger charge is 2.31. The zero-order valence-corrected chi connectivity index (χ0v) is 13.0. The molecule has 0 spiro atoms. The molecule has 2 N–H and O–H groups in total. The fourth-order valence-electron chi connectivity index (χ4n) is 2.73. The van der Waals surface area contributed by atoms with Gasteiger partial charge in [-0.25, -0.2) is 9.18 Å². The van der Waals surface area contributed by atoms with Gasteiger partial charge in [-0.05, 0) is 29.8 Å². The molecule has 0 aliphatic carbocycles. The number of halogens is 1. The molecule has 6 heteroatoms. The van der Waals surface area contributed by atoms with E-state index >= 15 is 0 Å². The summed E-state index contributed by atoms with van der Waals surface area (Å²) in [5.41, 5.74) is 1.51. The van der Waals surface area contributed by atoms with Gasteiger partial charge in [-0.15, -0.1) is 0 Å². The largest absolute Gasteiger partial charge is 0.334 e. The van der Waals surface area contributed by atoms with E-state index in [1.165, 1.54) is 12.1 Å². The minimum atomic E-state index is -0.369. The maximum atomic E-state index is 13.1. The molecule has 0 radical (unpaired) electrons. The van der Waals surface area contributed by atoms with Crippen LogP contribution < -0.4 is 15.5 Å². The van der Waals surface area contributed by atoms with E-state index in [-0.39, 0.29) is 36.8 Å². The van der Waals surface area contributed by atoms with Crippen LogP contribution in [0.4, 0.5) is 14.9 Å². The number of carbonyl (C=O) groups excluding carboxylic acids is 2. The number of carbonyl (C=O) groups is 2. The predicted molar refractivity (Wildman–Crippen MR) is 89.0 cm³/mol. The first kappa shape index (κ1) is 16.0. The zero-order valence-electron chi connectivity index (χ0n) is 13.0. The molecule has 124 valence electrons. The van der Waals surface area contributed by atoms with E-state index in [0.29, 0.717) is 12.1 Å². The summed E-state index contributed by atoms with van der Waals surface area (Å²) in [6, 6.07) is 14.8. The van der Waals surface area contributed by atoms with Gasteiger partial charge in [-0.3, -0.25) is 4.79 Å². The van der Waals surface area contributed by atoms with E-state index in [0.717, 1.165) is 5.69 Å². The van der Waals surface area contributed by atoms with Crippen LogP contribution in [0.15, 0.2) is 54.6 Å². The number of hydrogen-bond donors (Lipinski definition) is 2. The van der Waals surface area contributed by atoms with Crippen molar-refractivity contribution in [2.75, 3.05) is 11.4 Å². The van der Waals surface area contributed by atoms with Gasteiger partial charge in [0.05, 0.1) is 6.04 Å². The highest BCUT2D eigenvalue weighted by molar-refractivity contribution is 5.96. The third-order valence-electron chi connectivity index (χ3n) is 3.87. The summed E-state index contributed by atoms with van der Waals surface area (Å²) in [6.07, 6.45) is 0.266. The first-order valence-electron chi connectivity index (χ1n) is 7.76. The number of urea groups is 1. The molecule has 1 heterocycles. The summed E-state index contributed by atoms with van der Waals surface area (Å²) >= 11 is 0. The van der Waals surface area contributed by atoms with E-state index < -0.39 is 0 Å². The van der Waals surface area contributed by atoms with Crippen LogP contribution >= 0.6 is 0 Å². The topological polar surface area (TPSA) is 61.4 Å². The number of amides is 3. The van der Waals surface area contributed by atoms with Crippen molar-refractivity contribution >= 4 is 17.6 Å². The molecule has 1 atom stereocenters. The van der Waals surface area contributed by atoms with Crippen LogP contribution in [-0.2, 0) is 11.3 Å². The van der Waals surface area contributed by atoms with Gasteiger partial charge in [0.1, 0.15) is 5.82 Å². The monoisotopic (exact) mass is 327 g/mol. The minimum Gasteiger partial charge on any atom is -0.334 e. The van der Waals surface area contributed by atoms with Gasteiger partial charge in [0.15, 0.2) is 0 Å². The number of benzene rings is 2. The third kappa shape index (κ3) is 3.90. The van der Waals surface area contributed by atoms with Gasteiger partial charge >= 0.3 is 6.03 Å². The first-order chi connectivity index (χ1) is 11.6. The van der Waals surface area contributed by atoms with Crippen molar-refractivity contribution in [3.05, 3.63) is 66.0 Å². The Balaban J connectivity index is 1.51. The fourth-order valence-corrected chi connectivity index (χ4v) is 2.73. The molecule has 5 nitrogen and oxygen atoms in total. The lowest BCUT2D eigenvalue weighted by atomic mass is 10.2. The lowest BCUT2D eigenvalue weighted by molar-refractivity contribution is -0.117. The Hall–Kier alpha value is -2.89. The minimum absolute atomic E-state index is 0.0170. The Bertz CT molecular complexity index is 736. The number of hydrogen-bond acceptors (Lipinski definition) is 2. The number of nitrogens with zero attached hydrogens (tertiary/aromatic N) is 1. The highest BCUT2D eigenvalue weighted by Crippen LogP contribution is 2.20. The number of nitrogens with one attached hydrogen (secondary N) is 2. The van der Waals surface area contributed by atoms with Crippen molar-refractivity contribution in [3.8, 4) is 0 Å². The molecule has 0 aromatic heterocycles. The number of rotatable bonds is 4. The first-order valence-corrected chi connectivity index (χ1v) is 7.76. The lowest BCUT2D eigenvalue weighted by Crippen LogP contribution is -2.43. The van der Waals surface area contributed by atoms with E-state index in [1.807, 2.05) is 30.3 Å². The summed E-state index contributed by atoms with van der Waals surface area (Å²) in [7, 11) is 0. The molecule has 1 aliphatic rings. The Morgan fingerprint density at radius 2 is 1.96 bits per heavy atom. The van der Waals surface area contributed by atoms with Gasteiger partial charge in [0.25, 0.3) is 0 Å². The van der Waals surface area contributed by atoms with Crippen LogP contribution in [0.3, 0.4) is 0 Å². The van der Waals surface area contributed by atoms with Crippen LogP contribution in [0.1, 0.15) is 12.0 Å². The standard InChI is InChI=1S/C18H18FN3O2/c19-14-6-4-5-13(9-14)11-20-18(24)21-15-10-17(23)22(12-15)16-7-2-1-3-8-16/h1-9,15H,10-12H2,(H2,20,21,24)/t15-/m0/s1. The molecule has 24 heavy (non-hydrogen) atoms. The molecule has 0 saturated carbocycles. The summed E-state index contributed by atoms with van der Waals surface area (Å²) in [5.74, 6) is -0.355. The van der Waals surface area contributed by atoms with E-state index in [4.69, 9.17) is 0 Å². The zero-order chi connectivity index (χ0) is 16.9. The average molecular weight is 327 g/mol. The second kappa shape index (κ2) is 7.12. The van der Waals surface area contributed by atoms with Crippen LogP contribution in [0.5, 0.6) is 0 Å². The van der Waals surface area contributed by atoms with Gasteiger partial charge in [0, 0.05) is 25.2 Å². The molecular weight excluding hydrogens is 309 g/mol. The second-order valence-corrected chi connectivity index (χ2v) is 5.70. The summed E-state index contributed by atoms with van der Waals surface area (Å²) in [5, 5.41) is 5.46. The normalized spacial score (nSPS) is 17.0. The smallest absolute Gasteiger partial charge is 0.315 e. The Morgan fingerprint density at radius 3 is 2.71 bits per heavy atom. The van der Waals surface area contributed by atoms with Crippen molar-refractivity contribution in [2.24, 2.45) is 0 Å². The lowest BCUT2D eigenvalue weighted by Gasteiger charge is -2.17. The van der Waals surface area contributed by atoms with Crippen molar-refractivity contribution in [3.63, 3.8) is 0 Å². The van der Waals surface area contributed by atoms with Crippen LogP contribution in [-0.4, -0.2) is 24.5 Å². The van der Waals surface area contributed by atoms with Crippen molar-refractivity contribution in [2.45, 2.75) is 19.0 Å².